The predicted octanol–water partition coefficient (Wildman–Crippen LogP) is 9.25. The standard InChI is InChI=1S/C31H25I3O4S/c1-4-19-12-23(14-21(29(19)36)7-17-6-16(3)28(35)25(32)9-17)39-24-13-20(5-2)30(37)22(15-24)8-18-10-26(33)31(38)27(34)11-18/h4-6,9-15,35-38H,1-2,7-8H2,3H3. The van der Waals surface area contributed by atoms with Crippen LogP contribution in [0.4, 0.5) is 0 Å². The van der Waals surface area contributed by atoms with Crippen LogP contribution in [0.3, 0.4) is 0 Å². The van der Waals surface area contributed by atoms with E-state index in [4.69, 9.17) is 0 Å². The normalized spacial score (nSPS) is 11.0. The van der Waals surface area contributed by atoms with Gasteiger partial charge in [0.25, 0.3) is 0 Å². The molecule has 0 atom stereocenters. The molecule has 4 nitrogen and oxygen atoms in total. The lowest BCUT2D eigenvalue weighted by molar-refractivity contribution is 0.465. The number of rotatable bonds is 8. The van der Waals surface area contributed by atoms with Crippen molar-refractivity contribution in [3.05, 3.63) is 111 Å². The molecule has 0 saturated heterocycles. The van der Waals surface area contributed by atoms with Crippen LogP contribution in [-0.2, 0) is 12.8 Å². The number of hydrogen-bond donors (Lipinski definition) is 4. The second-order valence-electron chi connectivity index (χ2n) is 9.06. The third-order valence-electron chi connectivity index (χ3n) is 6.24. The molecule has 0 radical (unpaired) electrons. The quantitative estimate of drug-likeness (QED) is 0.133. The van der Waals surface area contributed by atoms with Crippen LogP contribution in [0.2, 0.25) is 0 Å². The highest BCUT2D eigenvalue weighted by atomic mass is 127. The fourth-order valence-corrected chi connectivity index (χ4v) is 8.05. The minimum atomic E-state index is 0.183. The molecule has 0 amide bonds. The van der Waals surface area contributed by atoms with Gasteiger partial charge in [0, 0.05) is 33.8 Å². The molecule has 0 saturated carbocycles. The van der Waals surface area contributed by atoms with Crippen molar-refractivity contribution in [2.24, 2.45) is 0 Å². The molecule has 39 heavy (non-hydrogen) atoms. The number of phenolic OH excluding ortho intramolecular Hbond substituents is 4. The molecule has 0 aliphatic carbocycles. The molecule has 0 unspecified atom stereocenters. The molecule has 4 rings (SSSR count). The van der Waals surface area contributed by atoms with E-state index in [1.807, 2.05) is 55.5 Å². The van der Waals surface area contributed by atoms with Crippen molar-refractivity contribution in [3.8, 4) is 23.0 Å². The summed E-state index contributed by atoms with van der Waals surface area (Å²) in [4.78, 5) is 1.84. The molecule has 0 heterocycles. The lowest BCUT2D eigenvalue weighted by Gasteiger charge is -2.15. The first-order valence-electron chi connectivity index (χ1n) is 11.8. The SMILES string of the molecule is C=Cc1cc(Sc2cc(C=C)c(O)c(Cc3cc(I)c(O)c(I)c3)c2)cc(Cc2cc(C)c(O)c(I)c2)c1O. The zero-order chi connectivity index (χ0) is 28.4. The van der Waals surface area contributed by atoms with Crippen LogP contribution in [0.1, 0.15) is 38.9 Å². The topological polar surface area (TPSA) is 80.9 Å². The van der Waals surface area contributed by atoms with Crippen LogP contribution in [0, 0.1) is 17.6 Å². The van der Waals surface area contributed by atoms with Gasteiger partial charge in [-0.2, -0.15) is 0 Å². The summed E-state index contributed by atoms with van der Waals surface area (Å²) in [6.45, 7) is 9.62. The van der Waals surface area contributed by atoms with Gasteiger partial charge in [-0.05, 0) is 145 Å². The van der Waals surface area contributed by atoms with Gasteiger partial charge < -0.3 is 20.4 Å². The number of hydrogen-bond acceptors (Lipinski definition) is 5. The van der Waals surface area contributed by atoms with Crippen LogP contribution < -0.4 is 0 Å². The second-order valence-corrected chi connectivity index (χ2v) is 13.7. The Hall–Kier alpha value is -1.90. The van der Waals surface area contributed by atoms with Crippen LogP contribution in [0.5, 0.6) is 23.0 Å². The van der Waals surface area contributed by atoms with Crippen molar-refractivity contribution in [3.63, 3.8) is 0 Å². The maximum atomic E-state index is 10.9. The highest BCUT2D eigenvalue weighted by Gasteiger charge is 2.15. The van der Waals surface area contributed by atoms with Crippen molar-refractivity contribution in [1.82, 2.24) is 0 Å². The molecule has 4 N–H and O–H groups in total. The molecule has 0 fully saturated rings. The largest absolute Gasteiger partial charge is 0.507 e. The Labute approximate surface area is 273 Å². The van der Waals surface area contributed by atoms with Gasteiger partial charge in [0.2, 0.25) is 0 Å². The van der Waals surface area contributed by atoms with E-state index in [2.05, 4.69) is 80.9 Å². The van der Waals surface area contributed by atoms with Crippen LogP contribution >= 0.6 is 79.5 Å². The molecule has 0 aromatic heterocycles. The molecule has 8 heteroatoms. The smallest absolute Gasteiger partial charge is 0.142 e. The van der Waals surface area contributed by atoms with Gasteiger partial charge in [0.05, 0.1) is 10.7 Å². The zero-order valence-corrected chi connectivity index (χ0v) is 28.2. The van der Waals surface area contributed by atoms with E-state index in [1.54, 1.807) is 12.2 Å². The Kier molecular flexibility index (Phi) is 9.82. The molecule has 0 bridgehead atoms. The second kappa shape index (κ2) is 12.7. The van der Waals surface area contributed by atoms with Crippen LogP contribution in [-0.4, -0.2) is 20.4 Å². The summed E-state index contributed by atoms with van der Waals surface area (Å²) >= 11 is 7.86. The lowest BCUT2D eigenvalue weighted by atomic mass is 9.99. The van der Waals surface area contributed by atoms with Gasteiger partial charge in [-0.15, -0.1) is 0 Å². The van der Waals surface area contributed by atoms with Gasteiger partial charge in [-0.3, -0.25) is 0 Å². The minimum Gasteiger partial charge on any atom is -0.507 e. The molecule has 200 valence electrons. The summed E-state index contributed by atoms with van der Waals surface area (Å²) in [7, 11) is 0. The minimum absolute atomic E-state index is 0.183. The maximum Gasteiger partial charge on any atom is 0.142 e. The number of benzene rings is 4. The van der Waals surface area contributed by atoms with E-state index >= 15 is 0 Å². The average Bonchev–Trinajstić information content (AvgIpc) is 2.89. The third-order valence-corrected chi connectivity index (χ3v) is 9.65. The number of aryl methyl sites for hydroxylation is 1. The fraction of sp³-hybridized carbons (Fsp3) is 0.0968. The molecule has 4 aromatic carbocycles. The van der Waals surface area contributed by atoms with Crippen LogP contribution in [0.25, 0.3) is 12.2 Å². The van der Waals surface area contributed by atoms with Crippen LogP contribution in [0.15, 0.2) is 71.5 Å². The van der Waals surface area contributed by atoms with Gasteiger partial charge in [-0.25, -0.2) is 0 Å². The number of halogens is 3. The van der Waals surface area contributed by atoms with Gasteiger partial charge in [-0.1, -0.05) is 43.1 Å². The third kappa shape index (κ3) is 6.88. The van der Waals surface area contributed by atoms with Crippen molar-refractivity contribution < 1.29 is 20.4 Å². The van der Waals surface area contributed by atoms with E-state index < -0.39 is 0 Å². The number of aromatic hydroxyl groups is 4. The summed E-state index contributed by atoms with van der Waals surface area (Å²) in [5.74, 6) is 0.906. The number of phenols is 4. The Morgan fingerprint density at radius 1 is 0.615 bits per heavy atom. The Morgan fingerprint density at radius 2 is 1.03 bits per heavy atom. The first-order valence-corrected chi connectivity index (χ1v) is 15.8. The molecule has 4 aromatic rings. The average molecular weight is 874 g/mol. The first-order chi connectivity index (χ1) is 18.5. The summed E-state index contributed by atoms with van der Waals surface area (Å²) in [5, 5.41) is 42.1. The summed E-state index contributed by atoms with van der Waals surface area (Å²) < 4.78 is 2.29. The molecule has 0 spiro atoms. The lowest BCUT2D eigenvalue weighted by Crippen LogP contribution is -1.95. The van der Waals surface area contributed by atoms with Gasteiger partial charge in [0.15, 0.2) is 0 Å². The van der Waals surface area contributed by atoms with E-state index in [0.29, 0.717) is 24.0 Å². The van der Waals surface area contributed by atoms with Gasteiger partial charge >= 0.3 is 0 Å². The maximum absolute atomic E-state index is 10.9. The van der Waals surface area contributed by atoms with E-state index in [0.717, 1.165) is 48.3 Å². The molecule has 0 aliphatic heterocycles. The Morgan fingerprint density at radius 3 is 1.44 bits per heavy atom. The van der Waals surface area contributed by atoms with Gasteiger partial charge in [0.1, 0.15) is 23.0 Å². The Balaban J connectivity index is 1.71. The summed E-state index contributed by atoms with van der Waals surface area (Å²) in [6, 6.07) is 15.4. The monoisotopic (exact) mass is 874 g/mol. The molecular weight excluding hydrogens is 849 g/mol. The molecule has 0 aliphatic rings. The van der Waals surface area contributed by atoms with E-state index in [1.165, 1.54) is 11.8 Å². The van der Waals surface area contributed by atoms with E-state index in [9.17, 15) is 20.4 Å². The first kappa shape index (κ1) is 30.1. The fourth-order valence-electron chi connectivity index (χ4n) is 4.28. The zero-order valence-electron chi connectivity index (χ0n) is 20.9. The summed E-state index contributed by atoms with van der Waals surface area (Å²) in [6.07, 6.45) is 4.26. The summed E-state index contributed by atoms with van der Waals surface area (Å²) in [5.41, 5.74) is 5.54. The Bertz CT molecular complexity index is 1450. The van der Waals surface area contributed by atoms with Crippen molar-refractivity contribution in [1.29, 1.82) is 0 Å². The highest BCUT2D eigenvalue weighted by molar-refractivity contribution is 14.1. The highest BCUT2D eigenvalue weighted by Crippen LogP contribution is 2.39. The van der Waals surface area contributed by atoms with Crippen molar-refractivity contribution in [2.75, 3.05) is 0 Å². The van der Waals surface area contributed by atoms with E-state index in [-0.39, 0.29) is 23.0 Å². The van der Waals surface area contributed by atoms with Crippen molar-refractivity contribution >= 4 is 91.7 Å². The predicted molar refractivity (Wildman–Crippen MR) is 185 cm³/mol. The molecular formula is C31H25I3O4S. The van der Waals surface area contributed by atoms with Crippen molar-refractivity contribution in [2.45, 2.75) is 29.6 Å².